The van der Waals surface area contributed by atoms with Crippen LogP contribution in [0.25, 0.3) is 0 Å². The van der Waals surface area contributed by atoms with Crippen molar-refractivity contribution in [2.75, 3.05) is 7.11 Å². The summed E-state index contributed by atoms with van der Waals surface area (Å²) in [4.78, 5) is 27.4. The lowest BCUT2D eigenvalue weighted by Gasteiger charge is -2.29. The zero-order valence-electron chi connectivity index (χ0n) is 17.0. The maximum absolute atomic E-state index is 13.2. The van der Waals surface area contributed by atoms with Gasteiger partial charge in [-0.25, -0.2) is 0 Å². The van der Waals surface area contributed by atoms with Crippen molar-refractivity contribution in [2.24, 2.45) is 0 Å². The van der Waals surface area contributed by atoms with Gasteiger partial charge in [0.2, 0.25) is 11.8 Å². The van der Waals surface area contributed by atoms with Gasteiger partial charge in [0.15, 0.2) is 0 Å². The number of hydrogen-bond donors (Lipinski definition) is 1. The first kappa shape index (κ1) is 23.0. The van der Waals surface area contributed by atoms with E-state index in [1.165, 1.54) is 4.90 Å². The van der Waals surface area contributed by atoms with Crippen LogP contribution < -0.4 is 10.1 Å². The summed E-state index contributed by atoms with van der Waals surface area (Å²) >= 11 is 12.5. The molecule has 2 aromatic carbocycles. The maximum Gasteiger partial charge on any atom is 0.242 e. The van der Waals surface area contributed by atoms with Crippen LogP contribution >= 0.6 is 23.2 Å². The fraction of sp³-hybridized carbons (Fsp3) is 0.364. The summed E-state index contributed by atoms with van der Waals surface area (Å²) in [5, 5.41) is 3.71. The third kappa shape index (κ3) is 6.38. The van der Waals surface area contributed by atoms with Crippen LogP contribution in [-0.2, 0) is 22.6 Å². The molecule has 0 fully saturated rings. The zero-order chi connectivity index (χ0) is 21.6. The van der Waals surface area contributed by atoms with Gasteiger partial charge < -0.3 is 15.0 Å². The van der Waals surface area contributed by atoms with Crippen molar-refractivity contribution in [2.45, 2.75) is 45.8 Å². The Bertz CT molecular complexity index is 851. The highest BCUT2D eigenvalue weighted by molar-refractivity contribution is 6.36. The molecular formula is C22H26Cl2N2O3. The Morgan fingerprint density at radius 1 is 1.07 bits per heavy atom. The van der Waals surface area contributed by atoms with Crippen LogP contribution in [0.1, 0.15) is 31.9 Å². The molecule has 2 amide bonds. The molecule has 0 bridgehead atoms. The standard InChI is InChI=1S/C22H26Cl2N2O3/c1-14(2)25-22(28)15(3)26(13-16-7-5-8-17(11-16)29-4)21(27)12-18-19(23)9-6-10-20(18)24/h5-11,14-15H,12-13H2,1-4H3,(H,25,28). The minimum atomic E-state index is -0.669. The second-order valence-electron chi connectivity index (χ2n) is 7.09. The highest BCUT2D eigenvalue weighted by atomic mass is 35.5. The van der Waals surface area contributed by atoms with Crippen LogP contribution in [0.5, 0.6) is 5.75 Å². The van der Waals surface area contributed by atoms with Gasteiger partial charge in [0, 0.05) is 22.6 Å². The molecule has 0 aromatic heterocycles. The van der Waals surface area contributed by atoms with Crippen LogP contribution in [0.2, 0.25) is 10.0 Å². The first-order valence-electron chi connectivity index (χ1n) is 9.38. The van der Waals surface area contributed by atoms with Crippen molar-refractivity contribution in [3.63, 3.8) is 0 Å². The molecule has 0 aliphatic carbocycles. The fourth-order valence-corrected chi connectivity index (χ4v) is 3.44. The molecule has 0 radical (unpaired) electrons. The summed E-state index contributed by atoms with van der Waals surface area (Å²) in [7, 11) is 1.58. The number of hydrogen-bond acceptors (Lipinski definition) is 3. The minimum Gasteiger partial charge on any atom is -0.497 e. The Balaban J connectivity index is 2.32. The van der Waals surface area contributed by atoms with Crippen LogP contribution in [0.15, 0.2) is 42.5 Å². The molecule has 0 saturated heterocycles. The van der Waals surface area contributed by atoms with Gasteiger partial charge in [0.05, 0.1) is 13.5 Å². The summed E-state index contributed by atoms with van der Waals surface area (Å²) in [6.07, 6.45) is 0.00176. The van der Waals surface area contributed by atoms with Gasteiger partial charge in [-0.2, -0.15) is 0 Å². The quantitative estimate of drug-likeness (QED) is 0.662. The topological polar surface area (TPSA) is 58.6 Å². The zero-order valence-corrected chi connectivity index (χ0v) is 18.6. The van der Waals surface area contributed by atoms with Crippen molar-refractivity contribution in [3.8, 4) is 5.75 Å². The number of ether oxygens (including phenoxy) is 1. The molecule has 1 atom stereocenters. The normalized spacial score (nSPS) is 11.8. The Labute approximate surface area is 181 Å². The number of nitrogens with one attached hydrogen (secondary N) is 1. The van der Waals surface area contributed by atoms with E-state index < -0.39 is 6.04 Å². The number of halogens is 2. The molecule has 156 valence electrons. The minimum absolute atomic E-state index is 0.00176. The molecule has 0 aliphatic rings. The molecule has 5 nitrogen and oxygen atoms in total. The Kier molecular flexibility index (Phi) is 8.35. The fourth-order valence-electron chi connectivity index (χ4n) is 2.91. The lowest BCUT2D eigenvalue weighted by molar-refractivity contribution is -0.140. The van der Waals surface area contributed by atoms with Crippen molar-refractivity contribution < 1.29 is 14.3 Å². The molecule has 1 unspecified atom stereocenters. The van der Waals surface area contributed by atoms with E-state index in [0.717, 1.165) is 5.56 Å². The average Bonchev–Trinajstić information content (AvgIpc) is 2.68. The second-order valence-corrected chi connectivity index (χ2v) is 7.90. The first-order chi connectivity index (χ1) is 13.7. The van der Waals surface area contributed by atoms with Crippen LogP contribution in [0.3, 0.4) is 0 Å². The summed E-state index contributed by atoms with van der Waals surface area (Å²) in [5.41, 5.74) is 1.40. The first-order valence-corrected chi connectivity index (χ1v) is 10.1. The SMILES string of the molecule is COc1cccc(CN(C(=O)Cc2c(Cl)cccc2Cl)C(C)C(=O)NC(C)C)c1. The molecule has 1 N–H and O–H groups in total. The summed E-state index contributed by atoms with van der Waals surface area (Å²) in [5.74, 6) is 0.221. The van der Waals surface area contributed by atoms with Crippen LogP contribution in [0.4, 0.5) is 0 Å². The number of benzene rings is 2. The summed E-state index contributed by atoms with van der Waals surface area (Å²) in [6, 6.07) is 11.8. The lowest BCUT2D eigenvalue weighted by atomic mass is 10.1. The number of rotatable bonds is 8. The maximum atomic E-state index is 13.2. The number of carbonyl (C=O) groups is 2. The van der Waals surface area contributed by atoms with Gasteiger partial charge in [-0.05, 0) is 56.2 Å². The highest BCUT2D eigenvalue weighted by Gasteiger charge is 2.27. The van der Waals surface area contributed by atoms with E-state index in [-0.39, 0.29) is 30.8 Å². The molecule has 0 heterocycles. The molecule has 2 aromatic rings. The predicted octanol–water partition coefficient (Wildman–Crippen LogP) is 4.49. The molecule has 0 saturated carbocycles. The van der Waals surface area contributed by atoms with Crippen LogP contribution in [0, 0.1) is 0 Å². The third-order valence-electron chi connectivity index (χ3n) is 4.47. The lowest BCUT2D eigenvalue weighted by Crippen LogP contribution is -2.49. The Morgan fingerprint density at radius 3 is 2.28 bits per heavy atom. The van der Waals surface area contributed by atoms with Gasteiger partial charge in [0.25, 0.3) is 0 Å². The molecule has 0 spiro atoms. The number of amides is 2. The molecule has 0 aliphatic heterocycles. The molecule has 2 rings (SSSR count). The number of nitrogens with zero attached hydrogens (tertiary/aromatic N) is 1. The Morgan fingerprint density at radius 2 is 1.69 bits per heavy atom. The number of carbonyl (C=O) groups excluding carboxylic acids is 2. The van der Waals surface area contributed by atoms with E-state index in [9.17, 15) is 9.59 Å². The van der Waals surface area contributed by atoms with Crippen LogP contribution in [-0.4, -0.2) is 35.9 Å². The predicted molar refractivity (Wildman–Crippen MR) is 116 cm³/mol. The van der Waals surface area contributed by atoms with Crippen molar-refractivity contribution in [3.05, 3.63) is 63.6 Å². The van der Waals surface area contributed by atoms with E-state index in [1.54, 1.807) is 32.2 Å². The van der Waals surface area contributed by atoms with E-state index in [4.69, 9.17) is 27.9 Å². The monoisotopic (exact) mass is 436 g/mol. The van der Waals surface area contributed by atoms with E-state index in [2.05, 4.69) is 5.32 Å². The molecule has 29 heavy (non-hydrogen) atoms. The van der Waals surface area contributed by atoms with Gasteiger partial charge in [-0.3, -0.25) is 9.59 Å². The van der Waals surface area contributed by atoms with Gasteiger partial charge in [-0.15, -0.1) is 0 Å². The van der Waals surface area contributed by atoms with Gasteiger partial charge >= 0.3 is 0 Å². The smallest absolute Gasteiger partial charge is 0.242 e. The highest BCUT2D eigenvalue weighted by Crippen LogP contribution is 2.26. The Hall–Kier alpha value is -2.24. The molecular weight excluding hydrogens is 411 g/mol. The third-order valence-corrected chi connectivity index (χ3v) is 5.18. The summed E-state index contributed by atoms with van der Waals surface area (Å²) in [6.45, 7) is 5.72. The van der Waals surface area contributed by atoms with Crippen molar-refractivity contribution >= 4 is 35.0 Å². The van der Waals surface area contributed by atoms with Crippen molar-refractivity contribution in [1.82, 2.24) is 10.2 Å². The van der Waals surface area contributed by atoms with E-state index >= 15 is 0 Å². The van der Waals surface area contributed by atoms with E-state index in [0.29, 0.717) is 21.4 Å². The average molecular weight is 437 g/mol. The van der Waals surface area contributed by atoms with Gasteiger partial charge in [0.1, 0.15) is 11.8 Å². The summed E-state index contributed by atoms with van der Waals surface area (Å²) < 4.78 is 5.27. The number of methoxy groups -OCH3 is 1. The second kappa shape index (κ2) is 10.5. The van der Waals surface area contributed by atoms with Gasteiger partial charge in [-0.1, -0.05) is 41.4 Å². The van der Waals surface area contributed by atoms with E-state index in [1.807, 2.05) is 38.1 Å². The van der Waals surface area contributed by atoms with Crippen molar-refractivity contribution in [1.29, 1.82) is 0 Å². The largest absolute Gasteiger partial charge is 0.497 e. The molecule has 7 heteroatoms.